The quantitative estimate of drug-likeness (QED) is 0.616. The van der Waals surface area contributed by atoms with Crippen molar-refractivity contribution in [1.82, 2.24) is 4.90 Å². The summed E-state index contributed by atoms with van der Waals surface area (Å²) >= 11 is 1.88. The molecule has 3 heterocycles. The average Bonchev–Trinajstić information content (AvgIpc) is 2.97. The molecule has 1 aromatic carbocycles. The maximum atomic E-state index is 14.5. The number of alkyl halides is 2. The molecule has 0 bridgehead atoms. The Balaban J connectivity index is 1.83. The van der Waals surface area contributed by atoms with Gasteiger partial charge in [0.2, 0.25) is 0 Å². The van der Waals surface area contributed by atoms with Crippen molar-refractivity contribution in [2.45, 2.75) is 18.6 Å². The molecule has 0 fully saturated rings. The van der Waals surface area contributed by atoms with Gasteiger partial charge in [0.1, 0.15) is 11.6 Å². The minimum absolute atomic E-state index is 0.136. The molecule has 0 aromatic heterocycles. The molecule has 0 saturated carbocycles. The lowest BCUT2D eigenvalue weighted by Crippen LogP contribution is -2.37. The van der Waals surface area contributed by atoms with Crippen molar-refractivity contribution in [1.29, 1.82) is 5.26 Å². The zero-order valence-electron chi connectivity index (χ0n) is 13.2. The van der Waals surface area contributed by atoms with Gasteiger partial charge in [-0.25, -0.2) is 4.39 Å². The molecule has 5 nitrogen and oxygen atoms in total. The van der Waals surface area contributed by atoms with E-state index in [9.17, 15) is 13.2 Å². The molecule has 1 spiro atoms. The first-order chi connectivity index (χ1) is 12.4. The molecule has 134 valence electrons. The van der Waals surface area contributed by atoms with Crippen molar-refractivity contribution < 1.29 is 22.6 Å². The molecule has 1 aromatic rings. The molecular formula is C17H11F3IN3O2. The lowest BCUT2D eigenvalue weighted by atomic mass is 9.85. The molecule has 9 heteroatoms. The Labute approximate surface area is 160 Å². The van der Waals surface area contributed by atoms with Gasteiger partial charge in [-0.15, -0.1) is 0 Å². The highest BCUT2D eigenvalue weighted by Crippen LogP contribution is 2.46. The number of ether oxygens (including phenoxy) is 2. The Morgan fingerprint density at radius 3 is 2.96 bits per heavy atom. The fourth-order valence-electron chi connectivity index (χ4n) is 3.39. The van der Waals surface area contributed by atoms with Crippen LogP contribution in [0.4, 0.5) is 13.2 Å². The number of hydrogen-bond donors (Lipinski definition) is 0. The van der Waals surface area contributed by atoms with Gasteiger partial charge in [-0.05, 0) is 28.7 Å². The van der Waals surface area contributed by atoms with Crippen LogP contribution in [0.25, 0.3) is 0 Å². The van der Waals surface area contributed by atoms with E-state index in [4.69, 9.17) is 10.00 Å². The monoisotopic (exact) mass is 473 g/mol. The number of amidine groups is 1. The van der Waals surface area contributed by atoms with E-state index in [0.717, 1.165) is 0 Å². The molecule has 0 saturated heterocycles. The fourth-order valence-corrected chi connectivity index (χ4v) is 3.82. The first kappa shape index (κ1) is 17.2. The fraction of sp³-hybridized carbons (Fsp3) is 0.294. The summed E-state index contributed by atoms with van der Waals surface area (Å²) in [4.78, 5) is 6.23. The summed E-state index contributed by atoms with van der Waals surface area (Å²) in [6.07, 6.45) is 3.22. The van der Waals surface area contributed by atoms with Gasteiger partial charge in [0.15, 0.2) is 23.2 Å². The van der Waals surface area contributed by atoms with Crippen LogP contribution in [0.2, 0.25) is 0 Å². The van der Waals surface area contributed by atoms with Crippen LogP contribution in [-0.2, 0) is 10.3 Å². The highest BCUT2D eigenvalue weighted by Gasteiger charge is 2.47. The Kier molecular flexibility index (Phi) is 4.10. The minimum atomic E-state index is -3.04. The smallest absolute Gasteiger partial charge is 0.387 e. The summed E-state index contributed by atoms with van der Waals surface area (Å²) in [5, 5.41) is 9.15. The maximum Gasteiger partial charge on any atom is 0.387 e. The number of nitriles is 1. The summed E-state index contributed by atoms with van der Waals surface area (Å²) in [5.41, 5.74) is -0.107. The van der Waals surface area contributed by atoms with Crippen LogP contribution < -0.4 is 4.74 Å². The van der Waals surface area contributed by atoms with E-state index in [-0.39, 0.29) is 36.1 Å². The van der Waals surface area contributed by atoms with Crippen molar-refractivity contribution in [3.8, 4) is 11.8 Å². The third-order valence-corrected chi connectivity index (χ3v) is 5.32. The number of nitrogens with zero attached hydrogens (tertiary/aromatic N) is 3. The van der Waals surface area contributed by atoms with Gasteiger partial charge in [0, 0.05) is 24.3 Å². The normalized spacial score (nSPS) is 23.5. The molecule has 0 aliphatic carbocycles. The highest BCUT2D eigenvalue weighted by molar-refractivity contribution is 14.1. The van der Waals surface area contributed by atoms with E-state index in [0.29, 0.717) is 15.6 Å². The molecule has 1 atom stereocenters. The Hall–Kier alpha value is -2.22. The van der Waals surface area contributed by atoms with E-state index in [1.807, 2.05) is 28.7 Å². The van der Waals surface area contributed by atoms with E-state index < -0.39 is 18.0 Å². The van der Waals surface area contributed by atoms with Crippen LogP contribution in [0.15, 0.2) is 40.7 Å². The number of rotatable bonds is 2. The van der Waals surface area contributed by atoms with Gasteiger partial charge in [0.05, 0.1) is 22.3 Å². The van der Waals surface area contributed by atoms with Crippen molar-refractivity contribution in [2.24, 2.45) is 4.99 Å². The second-order valence-electron chi connectivity index (χ2n) is 6.01. The van der Waals surface area contributed by atoms with Crippen molar-refractivity contribution >= 4 is 28.4 Å². The maximum absolute atomic E-state index is 14.5. The molecule has 4 rings (SSSR count). The second-order valence-corrected chi connectivity index (χ2v) is 7.18. The molecule has 0 amide bonds. The number of allylic oxidation sites excluding steroid dienone is 2. The number of hydrogen-bond acceptors (Lipinski definition) is 5. The third kappa shape index (κ3) is 2.63. The van der Waals surface area contributed by atoms with Gasteiger partial charge < -0.3 is 14.4 Å². The van der Waals surface area contributed by atoms with Crippen LogP contribution in [-0.4, -0.2) is 30.5 Å². The van der Waals surface area contributed by atoms with Crippen molar-refractivity contribution in [3.05, 3.63) is 50.7 Å². The van der Waals surface area contributed by atoms with Gasteiger partial charge in [-0.3, -0.25) is 4.99 Å². The van der Waals surface area contributed by atoms with Gasteiger partial charge >= 0.3 is 6.61 Å². The van der Waals surface area contributed by atoms with Crippen LogP contribution in [0, 0.1) is 20.7 Å². The molecule has 0 radical (unpaired) electrons. The Morgan fingerprint density at radius 1 is 1.42 bits per heavy atom. The number of fused-ring (bicyclic) bond motifs is 3. The van der Waals surface area contributed by atoms with Crippen LogP contribution >= 0.6 is 22.6 Å². The predicted molar refractivity (Wildman–Crippen MR) is 93.9 cm³/mol. The van der Waals surface area contributed by atoms with Crippen LogP contribution in [0.5, 0.6) is 5.75 Å². The summed E-state index contributed by atoms with van der Waals surface area (Å²) in [5.74, 6) is -0.289. The number of halogens is 4. The average molecular weight is 473 g/mol. The molecule has 3 aliphatic rings. The van der Waals surface area contributed by atoms with Gasteiger partial charge in [0.25, 0.3) is 0 Å². The number of aliphatic imine (C=N–C) groups is 1. The van der Waals surface area contributed by atoms with Gasteiger partial charge in [-0.1, -0.05) is 6.07 Å². The Bertz CT molecular complexity index is 923. The topological polar surface area (TPSA) is 57.9 Å². The molecule has 26 heavy (non-hydrogen) atoms. The Morgan fingerprint density at radius 2 is 2.23 bits per heavy atom. The van der Waals surface area contributed by atoms with E-state index in [2.05, 4.69) is 9.73 Å². The molecular weight excluding hydrogens is 462 g/mol. The van der Waals surface area contributed by atoms with E-state index >= 15 is 0 Å². The predicted octanol–water partition coefficient (Wildman–Crippen LogP) is 3.67. The van der Waals surface area contributed by atoms with Crippen molar-refractivity contribution in [2.75, 3.05) is 13.2 Å². The zero-order valence-corrected chi connectivity index (χ0v) is 15.3. The number of benzene rings is 1. The lowest BCUT2D eigenvalue weighted by molar-refractivity contribution is -0.0906. The molecule has 3 aliphatic heterocycles. The zero-order chi connectivity index (χ0) is 18.5. The highest BCUT2D eigenvalue weighted by atomic mass is 127. The molecule has 0 unspecified atom stereocenters. The second kappa shape index (κ2) is 6.19. The SMILES string of the molecule is N#CC1=CN2C[C@@]3(CCOc4c3ccc(I)c4F)N=C2C(OC(F)F)=C1. The lowest BCUT2D eigenvalue weighted by Gasteiger charge is -2.33. The van der Waals surface area contributed by atoms with Gasteiger partial charge in [-0.2, -0.15) is 14.0 Å². The van der Waals surface area contributed by atoms with Crippen molar-refractivity contribution in [3.63, 3.8) is 0 Å². The van der Waals surface area contributed by atoms with Crippen LogP contribution in [0.1, 0.15) is 12.0 Å². The summed E-state index contributed by atoms with van der Waals surface area (Å²) in [6, 6.07) is 5.30. The summed E-state index contributed by atoms with van der Waals surface area (Å²) in [7, 11) is 0. The minimum Gasteiger partial charge on any atom is -0.490 e. The first-order valence-electron chi connectivity index (χ1n) is 7.70. The standard InChI is InChI=1S/C17H11F3IN3O2/c18-13-11(21)2-1-10-14(13)25-4-3-17(10)8-24-7-9(6-22)5-12(15(24)23-17)26-16(19)20/h1-2,5,7,16H,3-4,8H2/t17-/m1/s1. The van der Waals surface area contributed by atoms with E-state index in [1.54, 1.807) is 17.0 Å². The summed E-state index contributed by atoms with van der Waals surface area (Å²) in [6.45, 7) is -2.51. The first-order valence-corrected chi connectivity index (χ1v) is 8.78. The van der Waals surface area contributed by atoms with E-state index in [1.165, 1.54) is 12.3 Å². The third-order valence-electron chi connectivity index (χ3n) is 4.48. The van der Waals surface area contributed by atoms with Crippen LogP contribution in [0.3, 0.4) is 0 Å². The largest absolute Gasteiger partial charge is 0.490 e. The molecule has 0 N–H and O–H groups in total. The summed E-state index contributed by atoms with van der Waals surface area (Å²) < 4.78 is 50.5.